The molecule has 0 aromatic carbocycles. The van der Waals surface area contributed by atoms with Crippen LogP contribution in [0, 0.1) is 5.92 Å². The van der Waals surface area contributed by atoms with E-state index in [4.69, 9.17) is 9.84 Å². The third-order valence-electron chi connectivity index (χ3n) is 3.88. The summed E-state index contributed by atoms with van der Waals surface area (Å²) in [5.74, 6) is -1.57. The highest BCUT2D eigenvalue weighted by Gasteiger charge is 2.36. The van der Waals surface area contributed by atoms with E-state index in [0.717, 1.165) is 25.9 Å². The van der Waals surface area contributed by atoms with Gasteiger partial charge in [0.15, 0.2) is 0 Å². The van der Waals surface area contributed by atoms with Crippen LogP contribution in [0.15, 0.2) is 0 Å². The van der Waals surface area contributed by atoms with Gasteiger partial charge >= 0.3 is 12.0 Å². The number of ether oxygens (including phenoxy) is 1. The quantitative estimate of drug-likeness (QED) is 0.642. The molecule has 7 nitrogen and oxygen atoms in total. The van der Waals surface area contributed by atoms with E-state index < -0.39 is 17.9 Å². The lowest BCUT2D eigenvalue weighted by molar-refractivity contribution is -0.142. The maximum Gasteiger partial charge on any atom is 0.317 e. The minimum absolute atomic E-state index is 0.164. The van der Waals surface area contributed by atoms with Gasteiger partial charge in [0, 0.05) is 13.1 Å². The molecule has 2 amide bonds. The molecular weight excluding hydrogens is 250 g/mol. The number of nitrogens with zero attached hydrogens (tertiary/aromatic N) is 1. The Balaban J connectivity index is 1.87. The van der Waals surface area contributed by atoms with Gasteiger partial charge in [0.25, 0.3) is 0 Å². The molecule has 3 N–H and O–H groups in total. The fourth-order valence-electron chi connectivity index (χ4n) is 2.56. The van der Waals surface area contributed by atoms with Crippen LogP contribution >= 0.6 is 0 Å². The van der Waals surface area contributed by atoms with Crippen molar-refractivity contribution in [3.05, 3.63) is 0 Å². The van der Waals surface area contributed by atoms with Crippen molar-refractivity contribution in [2.75, 3.05) is 33.4 Å². The van der Waals surface area contributed by atoms with Crippen LogP contribution in [0.5, 0.6) is 0 Å². The van der Waals surface area contributed by atoms with E-state index in [1.54, 1.807) is 11.9 Å². The van der Waals surface area contributed by atoms with Crippen molar-refractivity contribution in [2.45, 2.75) is 24.9 Å². The second kappa shape index (κ2) is 6.21. The molecule has 2 atom stereocenters. The van der Waals surface area contributed by atoms with Crippen LogP contribution in [0.2, 0.25) is 0 Å². The Morgan fingerprint density at radius 1 is 1.32 bits per heavy atom. The Bertz CT molecular complexity index is 344. The van der Waals surface area contributed by atoms with Crippen molar-refractivity contribution in [3.8, 4) is 0 Å². The molecule has 0 bridgehead atoms. The zero-order chi connectivity index (χ0) is 13.8. The van der Waals surface area contributed by atoms with Gasteiger partial charge in [0.05, 0.1) is 19.3 Å². The number of nitrogens with one attached hydrogen (secondary N) is 2. The Morgan fingerprint density at radius 2 is 2.00 bits per heavy atom. The minimum atomic E-state index is -0.924. The number of amides is 2. The molecule has 2 rings (SSSR count). The average molecular weight is 271 g/mol. The molecule has 2 aliphatic heterocycles. The maximum absolute atomic E-state index is 12.1. The molecule has 0 aromatic heterocycles. The maximum atomic E-state index is 12.1. The molecule has 108 valence electrons. The Kier molecular flexibility index (Phi) is 4.60. The molecule has 0 saturated carbocycles. The number of hydrogen-bond donors (Lipinski definition) is 3. The molecule has 0 radical (unpaired) electrons. The van der Waals surface area contributed by atoms with Crippen LogP contribution in [-0.4, -0.2) is 67.4 Å². The first-order valence-corrected chi connectivity index (χ1v) is 6.64. The van der Waals surface area contributed by atoms with Crippen molar-refractivity contribution in [3.63, 3.8) is 0 Å². The van der Waals surface area contributed by atoms with Gasteiger partial charge < -0.3 is 25.4 Å². The van der Waals surface area contributed by atoms with Gasteiger partial charge in [-0.3, -0.25) is 4.79 Å². The molecular formula is C12H21N3O4. The Labute approximate surface area is 112 Å². The van der Waals surface area contributed by atoms with E-state index in [9.17, 15) is 9.59 Å². The minimum Gasteiger partial charge on any atom is -0.481 e. The molecule has 0 spiro atoms. The SMILES string of the molecule is CN(C(=O)NC1COCC1C(=O)O)C1CCNCC1. The predicted molar refractivity (Wildman–Crippen MR) is 67.9 cm³/mol. The highest BCUT2D eigenvalue weighted by molar-refractivity contribution is 5.77. The van der Waals surface area contributed by atoms with Gasteiger partial charge in [0.1, 0.15) is 5.92 Å². The zero-order valence-corrected chi connectivity index (χ0v) is 11.1. The number of aliphatic carboxylic acids is 1. The van der Waals surface area contributed by atoms with E-state index >= 15 is 0 Å². The van der Waals surface area contributed by atoms with Crippen LogP contribution < -0.4 is 10.6 Å². The monoisotopic (exact) mass is 271 g/mol. The lowest BCUT2D eigenvalue weighted by Gasteiger charge is -2.32. The first-order valence-electron chi connectivity index (χ1n) is 6.64. The first-order chi connectivity index (χ1) is 9.09. The molecule has 2 aliphatic rings. The van der Waals surface area contributed by atoms with E-state index in [2.05, 4.69) is 10.6 Å². The van der Waals surface area contributed by atoms with Crippen molar-refractivity contribution in [2.24, 2.45) is 5.92 Å². The smallest absolute Gasteiger partial charge is 0.317 e. The standard InChI is InChI=1S/C12H21N3O4/c1-15(8-2-4-13-5-3-8)12(18)14-10-7-19-6-9(10)11(16)17/h8-10,13H,2-7H2,1H3,(H,14,18)(H,16,17). The summed E-state index contributed by atoms with van der Waals surface area (Å²) in [6.07, 6.45) is 1.85. The molecule has 2 saturated heterocycles. The second-order valence-corrected chi connectivity index (χ2v) is 5.13. The molecule has 0 aliphatic carbocycles. The van der Waals surface area contributed by atoms with Crippen LogP contribution in [0.3, 0.4) is 0 Å². The summed E-state index contributed by atoms with van der Waals surface area (Å²) in [5, 5.41) is 15.0. The summed E-state index contributed by atoms with van der Waals surface area (Å²) in [7, 11) is 1.76. The van der Waals surface area contributed by atoms with Crippen LogP contribution in [0.4, 0.5) is 4.79 Å². The summed E-state index contributed by atoms with van der Waals surface area (Å²) < 4.78 is 5.13. The summed E-state index contributed by atoms with van der Waals surface area (Å²) in [4.78, 5) is 24.8. The number of piperidine rings is 1. The van der Waals surface area contributed by atoms with E-state index in [-0.39, 0.29) is 25.3 Å². The fourth-order valence-corrected chi connectivity index (χ4v) is 2.56. The lowest BCUT2D eigenvalue weighted by atomic mass is 10.0. The average Bonchev–Trinajstić information content (AvgIpc) is 2.87. The predicted octanol–water partition coefficient (Wildman–Crippen LogP) is -0.521. The van der Waals surface area contributed by atoms with E-state index in [1.807, 2.05) is 0 Å². The number of carboxylic acids is 1. The first kappa shape index (κ1) is 14.1. The van der Waals surface area contributed by atoms with Gasteiger partial charge in [0.2, 0.25) is 0 Å². The number of carbonyl (C=O) groups is 2. The van der Waals surface area contributed by atoms with Crippen LogP contribution in [0.1, 0.15) is 12.8 Å². The summed E-state index contributed by atoms with van der Waals surface area (Å²) in [5.41, 5.74) is 0. The van der Waals surface area contributed by atoms with Crippen molar-refractivity contribution in [1.29, 1.82) is 0 Å². The summed E-state index contributed by atoms with van der Waals surface area (Å²) in [6, 6.07) is -0.435. The van der Waals surface area contributed by atoms with E-state index in [0.29, 0.717) is 0 Å². The topological polar surface area (TPSA) is 90.9 Å². The van der Waals surface area contributed by atoms with Crippen LogP contribution in [-0.2, 0) is 9.53 Å². The summed E-state index contributed by atoms with van der Waals surface area (Å²) >= 11 is 0. The van der Waals surface area contributed by atoms with Gasteiger partial charge in [-0.05, 0) is 25.9 Å². The lowest BCUT2D eigenvalue weighted by Crippen LogP contribution is -2.52. The number of hydrogen-bond acceptors (Lipinski definition) is 4. The highest BCUT2D eigenvalue weighted by Crippen LogP contribution is 2.15. The number of rotatable bonds is 3. The zero-order valence-electron chi connectivity index (χ0n) is 11.1. The molecule has 0 aromatic rings. The Morgan fingerprint density at radius 3 is 2.63 bits per heavy atom. The van der Waals surface area contributed by atoms with Gasteiger partial charge in [-0.25, -0.2) is 4.79 Å². The highest BCUT2D eigenvalue weighted by atomic mass is 16.5. The summed E-state index contributed by atoms with van der Waals surface area (Å²) in [6.45, 7) is 2.25. The van der Waals surface area contributed by atoms with Gasteiger partial charge in [-0.2, -0.15) is 0 Å². The van der Waals surface area contributed by atoms with Gasteiger partial charge in [-0.1, -0.05) is 0 Å². The molecule has 2 heterocycles. The van der Waals surface area contributed by atoms with E-state index in [1.165, 1.54) is 0 Å². The third-order valence-corrected chi connectivity index (χ3v) is 3.88. The molecule has 2 unspecified atom stereocenters. The molecule has 19 heavy (non-hydrogen) atoms. The normalized spacial score (nSPS) is 28.1. The Hall–Kier alpha value is -1.34. The fraction of sp³-hybridized carbons (Fsp3) is 0.833. The van der Waals surface area contributed by atoms with Crippen LogP contribution in [0.25, 0.3) is 0 Å². The third kappa shape index (κ3) is 3.36. The van der Waals surface area contributed by atoms with Crippen molar-refractivity contribution < 1.29 is 19.4 Å². The van der Waals surface area contributed by atoms with Crippen molar-refractivity contribution in [1.82, 2.24) is 15.5 Å². The largest absolute Gasteiger partial charge is 0.481 e. The van der Waals surface area contributed by atoms with Crippen molar-refractivity contribution >= 4 is 12.0 Å². The van der Waals surface area contributed by atoms with Gasteiger partial charge in [-0.15, -0.1) is 0 Å². The molecule has 2 fully saturated rings. The number of urea groups is 1. The number of carbonyl (C=O) groups excluding carboxylic acids is 1. The molecule has 7 heteroatoms. The second-order valence-electron chi connectivity index (χ2n) is 5.13. The number of carboxylic acid groups (broad SMARTS) is 1.